The van der Waals surface area contributed by atoms with Crippen molar-refractivity contribution in [1.82, 2.24) is 14.7 Å². The zero-order valence-electron chi connectivity index (χ0n) is 17.1. The molecule has 2 aromatic rings. The van der Waals surface area contributed by atoms with Crippen LogP contribution in [0.4, 0.5) is 19.3 Å². The van der Waals surface area contributed by atoms with E-state index < -0.39 is 12.0 Å². The lowest BCUT2D eigenvalue weighted by Crippen LogP contribution is -2.42. The molecule has 2 N–H and O–H groups in total. The number of nitrogens with two attached hydrogens (primary N) is 1. The summed E-state index contributed by atoms with van der Waals surface area (Å²) in [6, 6.07) is 4.41. The molecule has 2 heterocycles. The van der Waals surface area contributed by atoms with E-state index in [2.05, 4.69) is 5.10 Å². The van der Waals surface area contributed by atoms with E-state index in [9.17, 15) is 13.6 Å². The number of hydrogen-bond donors (Lipinski definition) is 1. The highest BCUT2D eigenvalue weighted by molar-refractivity contribution is 5.68. The second kappa shape index (κ2) is 8.39. The van der Waals surface area contributed by atoms with E-state index in [0.717, 1.165) is 18.4 Å². The molecule has 1 aliphatic heterocycles. The Balaban J connectivity index is 1.59. The van der Waals surface area contributed by atoms with Gasteiger partial charge in [0, 0.05) is 42.6 Å². The van der Waals surface area contributed by atoms with Gasteiger partial charge < -0.3 is 15.4 Å². The third-order valence-corrected chi connectivity index (χ3v) is 4.91. The van der Waals surface area contributed by atoms with Crippen LogP contribution in [0.15, 0.2) is 30.6 Å². The molecule has 0 atom stereocenters. The van der Waals surface area contributed by atoms with E-state index in [4.69, 9.17) is 10.5 Å². The SMILES string of the molecule is CC(C)(C)OC(=O)N1CCC(Cn2cc(-c3cc(N)cc(C(F)F)c3)cn2)CC1. The van der Waals surface area contributed by atoms with Crippen molar-refractivity contribution in [3.8, 4) is 11.1 Å². The van der Waals surface area contributed by atoms with Crippen LogP contribution in [0.5, 0.6) is 0 Å². The van der Waals surface area contributed by atoms with E-state index in [0.29, 0.717) is 36.8 Å². The van der Waals surface area contributed by atoms with Gasteiger partial charge in [0.15, 0.2) is 0 Å². The number of amides is 1. The summed E-state index contributed by atoms with van der Waals surface area (Å²) in [4.78, 5) is 13.9. The van der Waals surface area contributed by atoms with Crippen LogP contribution >= 0.6 is 0 Å². The van der Waals surface area contributed by atoms with Crippen molar-refractivity contribution in [2.24, 2.45) is 5.92 Å². The maximum atomic E-state index is 13.0. The molecular formula is C21H28F2N4O2. The number of likely N-dealkylation sites (tertiary alicyclic amines) is 1. The number of carbonyl (C=O) groups is 1. The lowest BCUT2D eigenvalue weighted by atomic mass is 9.97. The number of nitrogens with zero attached hydrogens (tertiary/aromatic N) is 3. The van der Waals surface area contributed by atoms with Crippen LogP contribution in [0.3, 0.4) is 0 Å². The molecular weight excluding hydrogens is 378 g/mol. The van der Waals surface area contributed by atoms with Gasteiger partial charge in [-0.05, 0) is 63.3 Å². The average molecular weight is 406 g/mol. The smallest absolute Gasteiger partial charge is 0.410 e. The molecule has 0 aliphatic carbocycles. The summed E-state index contributed by atoms with van der Waals surface area (Å²) in [5, 5.41) is 4.38. The molecule has 1 aromatic heterocycles. The van der Waals surface area contributed by atoms with Gasteiger partial charge >= 0.3 is 6.09 Å². The van der Waals surface area contributed by atoms with Crippen molar-refractivity contribution in [1.29, 1.82) is 0 Å². The Morgan fingerprint density at radius 1 is 1.24 bits per heavy atom. The monoisotopic (exact) mass is 406 g/mol. The lowest BCUT2D eigenvalue weighted by molar-refractivity contribution is 0.0177. The molecule has 3 rings (SSSR count). The molecule has 0 bridgehead atoms. The Labute approximate surface area is 169 Å². The van der Waals surface area contributed by atoms with Gasteiger partial charge in [0.1, 0.15) is 5.60 Å². The van der Waals surface area contributed by atoms with Crippen molar-refractivity contribution in [2.75, 3.05) is 18.8 Å². The zero-order chi connectivity index (χ0) is 21.2. The molecule has 1 aromatic carbocycles. The van der Waals surface area contributed by atoms with Crippen LogP contribution < -0.4 is 5.73 Å². The summed E-state index contributed by atoms with van der Waals surface area (Å²) in [5.41, 5.74) is 6.86. The van der Waals surface area contributed by atoms with Crippen LogP contribution in [0, 0.1) is 5.92 Å². The molecule has 158 valence electrons. The predicted octanol–water partition coefficient (Wildman–Crippen LogP) is 4.72. The Hall–Kier alpha value is -2.64. The minimum atomic E-state index is -2.57. The van der Waals surface area contributed by atoms with Gasteiger partial charge in [0.2, 0.25) is 0 Å². The number of ether oxygens (including phenoxy) is 1. The van der Waals surface area contributed by atoms with Crippen molar-refractivity contribution in [2.45, 2.75) is 52.2 Å². The van der Waals surface area contributed by atoms with Gasteiger partial charge in [-0.2, -0.15) is 5.10 Å². The number of rotatable bonds is 4. The maximum absolute atomic E-state index is 13.0. The van der Waals surface area contributed by atoms with Gasteiger partial charge in [-0.15, -0.1) is 0 Å². The molecule has 0 spiro atoms. The number of aromatic nitrogens is 2. The van der Waals surface area contributed by atoms with Gasteiger partial charge in [-0.25, -0.2) is 13.6 Å². The predicted molar refractivity (Wildman–Crippen MR) is 108 cm³/mol. The maximum Gasteiger partial charge on any atom is 0.410 e. The van der Waals surface area contributed by atoms with E-state index in [-0.39, 0.29) is 11.7 Å². The fourth-order valence-corrected chi connectivity index (χ4v) is 3.47. The molecule has 1 amide bonds. The number of piperidine rings is 1. The van der Waals surface area contributed by atoms with Crippen molar-refractivity contribution in [3.63, 3.8) is 0 Å². The summed E-state index contributed by atoms with van der Waals surface area (Å²) in [7, 11) is 0. The van der Waals surface area contributed by atoms with Crippen molar-refractivity contribution < 1.29 is 18.3 Å². The van der Waals surface area contributed by atoms with Gasteiger partial charge in [-0.3, -0.25) is 4.68 Å². The summed E-state index contributed by atoms with van der Waals surface area (Å²) in [5.74, 6) is 0.388. The molecule has 6 nitrogen and oxygen atoms in total. The second-order valence-corrected chi connectivity index (χ2v) is 8.55. The lowest BCUT2D eigenvalue weighted by Gasteiger charge is -2.33. The van der Waals surface area contributed by atoms with Crippen LogP contribution in [0.2, 0.25) is 0 Å². The molecule has 1 saturated heterocycles. The Morgan fingerprint density at radius 3 is 2.55 bits per heavy atom. The first-order valence-electron chi connectivity index (χ1n) is 9.80. The Morgan fingerprint density at radius 2 is 1.93 bits per heavy atom. The number of hydrogen-bond acceptors (Lipinski definition) is 4. The Bertz CT molecular complexity index is 853. The zero-order valence-corrected chi connectivity index (χ0v) is 17.1. The molecule has 29 heavy (non-hydrogen) atoms. The highest BCUT2D eigenvalue weighted by Gasteiger charge is 2.27. The number of anilines is 1. The van der Waals surface area contributed by atoms with E-state index in [1.54, 1.807) is 17.2 Å². The third-order valence-electron chi connectivity index (χ3n) is 4.91. The summed E-state index contributed by atoms with van der Waals surface area (Å²) in [6.45, 7) is 7.60. The minimum Gasteiger partial charge on any atom is -0.444 e. The van der Waals surface area contributed by atoms with E-state index >= 15 is 0 Å². The van der Waals surface area contributed by atoms with Gasteiger partial charge in [0.25, 0.3) is 6.43 Å². The molecule has 1 aliphatic rings. The molecule has 1 fully saturated rings. The quantitative estimate of drug-likeness (QED) is 0.746. The topological polar surface area (TPSA) is 73.4 Å². The number of alkyl halides is 2. The van der Waals surface area contributed by atoms with Gasteiger partial charge in [0.05, 0.1) is 6.20 Å². The van der Waals surface area contributed by atoms with Crippen LogP contribution in [0.1, 0.15) is 45.6 Å². The standard InChI is InChI=1S/C21H28F2N4O2/c1-21(2,3)29-20(28)26-6-4-14(5-7-26)12-27-13-17(11-25-27)15-8-16(19(22)23)10-18(24)9-15/h8-11,13-14,19H,4-7,12,24H2,1-3H3. The van der Waals surface area contributed by atoms with Gasteiger partial charge in [-0.1, -0.05) is 0 Å². The first-order valence-corrected chi connectivity index (χ1v) is 9.80. The Kier molecular flexibility index (Phi) is 6.10. The van der Waals surface area contributed by atoms with Crippen molar-refractivity contribution >= 4 is 11.8 Å². The fraction of sp³-hybridized carbons (Fsp3) is 0.524. The van der Waals surface area contributed by atoms with E-state index in [1.165, 1.54) is 12.1 Å². The highest BCUT2D eigenvalue weighted by atomic mass is 19.3. The normalized spacial score (nSPS) is 15.7. The summed E-state index contributed by atoms with van der Waals surface area (Å²) >= 11 is 0. The third kappa shape index (κ3) is 5.68. The van der Waals surface area contributed by atoms with Crippen LogP contribution in [-0.4, -0.2) is 39.5 Å². The number of benzene rings is 1. The minimum absolute atomic E-state index is 0.0951. The largest absolute Gasteiger partial charge is 0.444 e. The first-order chi connectivity index (χ1) is 13.6. The number of nitrogen functional groups attached to an aromatic ring is 1. The van der Waals surface area contributed by atoms with E-state index in [1.807, 2.05) is 31.6 Å². The first kappa shape index (κ1) is 21.1. The van der Waals surface area contributed by atoms with Crippen molar-refractivity contribution in [3.05, 3.63) is 36.2 Å². The molecule has 0 radical (unpaired) electrons. The van der Waals surface area contributed by atoms with Crippen LogP contribution in [0.25, 0.3) is 11.1 Å². The molecule has 8 heteroatoms. The van der Waals surface area contributed by atoms with Crippen LogP contribution in [-0.2, 0) is 11.3 Å². The summed E-state index contributed by atoms with van der Waals surface area (Å²) < 4.78 is 33.3. The highest BCUT2D eigenvalue weighted by Crippen LogP contribution is 2.29. The molecule has 0 unspecified atom stereocenters. The number of halogens is 2. The molecule has 0 saturated carbocycles. The summed E-state index contributed by atoms with van der Waals surface area (Å²) in [6.07, 6.45) is 2.41. The number of carbonyl (C=O) groups excluding carboxylic acids is 1. The fourth-order valence-electron chi connectivity index (χ4n) is 3.47. The average Bonchev–Trinajstić information content (AvgIpc) is 3.09. The second-order valence-electron chi connectivity index (χ2n) is 8.55.